The number of nitrogens with zero attached hydrogens (tertiary/aromatic N) is 2. The third-order valence-electron chi connectivity index (χ3n) is 2.54. The number of benzene rings is 1. The molecular formula is C13H10BrCl3N2. The molecule has 0 spiro atoms. The molecule has 0 unspecified atom stereocenters. The molecule has 0 saturated carbocycles. The highest BCUT2D eigenvalue weighted by atomic mass is 79.9. The van der Waals surface area contributed by atoms with Gasteiger partial charge in [0.15, 0.2) is 5.82 Å². The lowest BCUT2D eigenvalue weighted by atomic mass is 10.2. The summed E-state index contributed by atoms with van der Waals surface area (Å²) < 4.78 is 0.741. The number of hydrogen-bond acceptors (Lipinski definition) is 2. The van der Waals surface area contributed by atoms with Gasteiger partial charge in [0.2, 0.25) is 0 Å². The Labute approximate surface area is 135 Å². The average Bonchev–Trinajstić information content (AvgIpc) is 2.35. The van der Waals surface area contributed by atoms with Gasteiger partial charge in [-0.3, -0.25) is 0 Å². The van der Waals surface area contributed by atoms with Gasteiger partial charge >= 0.3 is 0 Å². The van der Waals surface area contributed by atoms with Crippen LogP contribution in [0.2, 0.25) is 15.2 Å². The summed E-state index contributed by atoms with van der Waals surface area (Å²) in [4.78, 5) is 8.77. The highest BCUT2D eigenvalue weighted by molar-refractivity contribution is 9.10. The molecule has 1 aromatic carbocycles. The third-order valence-corrected chi connectivity index (χ3v) is 4.42. The van der Waals surface area contributed by atoms with Crippen molar-refractivity contribution < 1.29 is 0 Å². The Bertz CT molecular complexity index is 617. The highest BCUT2D eigenvalue weighted by Gasteiger charge is 2.13. The van der Waals surface area contributed by atoms with Crippen LogP contribution in [0, 0.1) is 0 Å². The first-order valence-corrected chi connectivity index (χ1v) is 7.63. The lowest BCUT2D eigenvalue weighted by molar-refractivity contribution is 0.868. The molecule has 2 aromatic rings. The van der Waals surface area contributed by atoms with E-state index in [-0.39, 0.29) is 0 Å². The molecule has 100 valence electrons. The molecule has 0 radical (unpaired) electrons. The van der Waals surface area contributed by atoms with Gasteiger partial charge in [0.25, 0.3) is 0 Å². The van der Waals surface area contributed by atoms with Crippen molar-refractivity contribution in [3.8, 4) is 11.4 Å². The molecule has 0 aliphatic rings. The zero-order valence-electron chi connectivity index (χ0n) is 10.1. The second-order valence-electron chi connectivity index (χ2n) is 3.97. The maximum absolute atomic E-state index is 6.17. The van der Waals surface area contributed by atoms with Crippen LogP contribution in [0.25, 0.3) is 11.4 Å². The fourth-order valence-corrected chi connectivity index (χ4v) is 2.71. The van der Waals surface area contributed by atoms with Gasteiger partial charge < -0.3 is 0 Å². The summed E-state index contributed by atoms with van der Waals surface area (Å²) in [5, 5.41) is 1.47. The number of halogens is 4. The van der Waals surface area contributed by atoms with E-state index in [0.29, 0.717) is 21.0 Å². The van der Waals surface area contributed by atoms with Crippen LogP contribution in [0.15, 0.2) is 22.7 Å². The van der Waals surface area contributed by atoms with Crippen LogP contribution in [0.4, 0.5) is 0 Å². The maximum atomic E-state index is 6.17. The summed E-state index contributed by atoms with van der Waals surface area (Å²) in [5.74, 6) is 0.512. The molecule has 1 heterocycles. The van der Waals surface area contributed by atoms with Crippen LogP contribution in [0.1, 0.15) is 19.0 Å². The monoisotopic (exact) mass is 378 g/mol. The van der Waals surface area contributed by atoms with E-state index in [1.807, 2.05) is 0 Å². The molecule has 0 aliphatic carbocycles. The Balaban J connectivity index is 2.56. The predicted molar refractivity (Wildman–Crippen MR) is 84.2 cm³/mol. The molecule has 2 nitrogen and oxygen atoms in total. The predicted octanol–water partition coefficient (Wildman–Crippen LogP) is 5.82. The SMILES string of the molecule is CCCc1nc(-c2ccc(Cl)cc2Cl)nc(Cl)c1Br. The van der Waals surface area contributed by atoms with Crippen molar-refractivity contribution >= 4 is 50.7 Å². The minimum atomic E-state index is 0.388. The summed E-state index contributed by atoms with van der Waals surface area (Å²) in [7, 11) is 0. The number of rotatable bonds is 3. The quantitative estimate of drug-likeness (QED) is 0.627. The van der Waals surface area contributed by atoms with Crippen molar-refractivity contribution in [2.75, 3.05) is 0 Å². The van der Waals surface area contributed by atoms with Crippen molar-refractivity contribution in [2.24, 2.45) is 0 Å². The number of hydrogen-bond donors (Lipinski definition) is 0. The van der Waals surface area contributed by atoms with Gasteiger partial charge in [0, 0.05) is 10.6 Å². The van der Waals surface area contributed by atoms with Crippen LogP contribution in [0.5, 0.6) is 0 Å². The molecular weight excluding hydrogens is 370 g/mol. The van der Waals surface area contributed by atoms with Gasteiger partial charge in [0.05, 0.1) is 15.2 Å². The fraction of sp³-hybridized carbons (Fsp3) is 0.231. The number of aryl methyl sites for hydroxylation is 1. The molecule has 0 atom stereocenters. The van der Waals surface area contributed by atoms with Gasteiger partial charge in [-0.05, 0) is 40.5 Å². The topological polar surface area (TPSA) is 25.8 Å². The molecule has 1 aromatic heterocycles. The third kappa shape index (κ3) is 3.40. The highest BCUT2D eigenvalue weighted by Crippen LogP contribution is 2.32. The van der Waals surface area contributed by atoms with E-state index in [1.165, 1.54) is 0 Å². The van der Waals surface area contributed by atoms with Gasteiger partial charge in [-0.15, -0.1) is 0 Å². The standard InChI is InChI=1S/C13H10BrCl3N2/c1-2-3-10-11(14)12(17)19-13(18-10)8-5-4-7(15)6-9(8)16/h4-6H,2-3H2,1H3. The second kappa shape index (κ2) is 6.40. The average molecular weight is 380 g/mol. The van der Waals surface area contributed by atoms with Crippen molar-refractivity contribution in [3.05, 3.63) is 43.6 Å². The maximum Gasteiger partial charge on any atom is 0.162 e. The summed E-state index contributed by atoms with van der Waals surface area (Å²) in [5.41, 5.74) is 1.60. The van der Waals surface area contributed by atoms with Crippen molar-refractivity contribution in [1.29, 1.82) is 0 Å². The summed E-state index contributed by atoms with van der Waals surface area (Å²) in [6.45, 7) is 2.08. The van der Waals surface area contributed by atoms with E-state index in [0.717, 1.165) is 28.6 Å². The first-order valence-electron chi connectivity index (χ1n) is 5.70. The minimum Gasteiger partial charge on any atom is -0.232 e. The molecule has 6 heteroatoms. The molecule has 0 bridgehead atoms. The van der Waals surface area contributed by atoms with Crippen molar-refractivity contribution in [1.82, 2.24) is 9.97 Å². The van der Waals surface area contributed by atoms with Gasteiger partial charge in [-0.25, -0.2) is 9.97 Å². The van der Waals surface area contributed by atoms with Gasteiger partial charge in [0.1, 0.15) is 5.15 Å². The fourth-order valence-electron chi connectivity index (χ4n) is 1.66. The van der Waals surface area contributed by atoms with Crippen LogP contribution < -0.4 is 0 Å². The Kier molecular flexibility index (Phi) is 5.07. The molecule has 0 N–H and O–H groups in total. The van der Waals surface area contributed by atoms with E-state index in [1.54, 1.807) is 18.2 Å². The first kappa shape index (κ1) is 15.0. The molecule has 0 fully saturated rings. The Hall–Kier alpha value is -0.350. The lowest BCUT2D eigenvalue weighted by Crippen LogP contribution is -1.99. The zero-order chi connectivity index (χ0) is 14.0. The normalized spacial score (nSPS) is 10.8. The van der Waals surface area contributed by atoms with E-state index < -0.39 is 0 Å². The van der Waals surface area contributed by atoms with E-state index in [9.17, 15) is 0 Å². The van der Waals surface area contributed by atoms with Gasteiger partial charge in [-0.1, -0.05) is 48.1 Å². The zero-order valence-corrected chi connectivity index (χ0v) is 13.9. The summed E-state index contributed by atoms with van der Waals surface area (Å²) >= 11 is 21.6. The number of aromatic nitrogens is 2. The van der Waals surface area contributed by atoms with Crippen molar-refractivity contribution in [2.45, 2.75) is 19.8 Å². The first-order chi connectivity index (χ1) is 9.02. The molecule has 2 rings (SSSR count). The molecule has 19 heavy (non-hydrogen) atoms. The Morgan fingerprint density at radius 3 is 2.53 bits per heavy atom. The van der Waals surface area contributed by atoms with Crippen LogP contribution in [-0.4, -0.2) is 9.97 Å². The minimum absolute atomic E-state index is 0.388. The Morgan fingerprint density at radius 1 is 1.16 bits per heavy atom. The van der Waals surface area contributed by atoms with Crippen LogP contribution in [-0.2, 0) is 6.42 Å². The second-order valence-corrected chi connectivity index (χ2v) is 5.97. The molecule has 0 aliphatic heterocycles. The summed E-state index contributed by atoms with van der Waals surface area (Å²) in [6.07, 6.45) is 1.79. The van der Waals surface area contributed by atoms with E-state index in [4.69, 9.17) is 34.8 Å². The smallest absolute Gasteiger partial charge is 0.162 e. The van der Waals surface area contributed by atoms with Crippen LogP contribution >= 0.6 is 50.7 Å². The van der Waals surface area contributed by atoms with Crippen molar-refractivity contribution in [3.63, 3.8) is 0 Å². The van der Waals surface area contributed by atoms with E-state index in [2.05, 4.69) is 32.8 Å². The van der Waals surface area contributed by atoms with Gasteiger partial charge in [-0.2, -0.15) is 0 Å². The lowest BCUT2D eigenvalue weighted by Gasteiger charge is -2.09. The van der Waals surface area contributed by atoms with E-state index >= 15 is 0 Å². The molecule has 0 saturated heterocycles. The summed E-state index contributed by atoms with van der Waals surface area (Å²) in [6, 6.07) is 5.21. The molecule has 0 amide bonds. The van der Waals surface area contributed by atoms with Crippen LogP contribution in [0.3, 0.4) is 0 Å². The Morgan fingerprint density at radius 2 is 1.89 bits per heavy atom. The largest absolute Gasteiger partial charge is 0.232 e.